The molecule has 1 aromatic heterocycles. The lowest BCUT2D eigenvalue weighted by Crippen LogP contribution is -2.34. The highest BCUT2D eigenvalue weighted by atomic mass is 16.6. The average molecular weight is 327 g/mol. The maximum Gasteiger partial charge on any atom is 0.278 e. The minimum atomic E-state index is -0.568. The molecule has 0 atom stereocenters. The molecule has 122 valence electrons. The highest BCUT2D eigenvalue weighted by Crippen LogP contribution is 2.14. The Morgan fingerprint density at radius 1 is 1.25 bits per heavy atom. The second kappa shape index (κ2) is 8.13. The van der Waals surface area contributed by atoms with Crippen molar-refractivity contribution in [2.45, 2.75) is 0 Å². The Morgan fingerprint density at radius 2 is 2.04 bits per heavy atom. The number of pyridine rings is 1. The van der Waals surface area contributed by atoms with E-state index in [1.54, 1.807) is 18.2 Å². The maximum absolute atomic E-state index is 11.7. The maximum atomic E-state index is 11.7. The van der Waals surface area contributed by atoms with E-state index in [2.05, 4.69) is 20.8 Å². The third-order valence-corrected chi connectivity index (χ3v) is 2.86. The standard InChI is InChI=1S/C15H13N5O4/c21-14(10-17-15(22)12-5-3-7-16-8-12)19-18-9-11-4-1-2-6-13(11)20(23)24/h1-9H,10H2,(H,17,22)(H,19,21). The zero-order chi connectivity index (χ0) is 17.4. The number of amides is 2. The summed E-state index contributed by atoms with van der Waals surface area (Å²) in [6, 6.07) is 9.14. The monoisotopic (exact) mass is 327 g/mol. The Balaban J connectivity index is 1.85. The van der Waals surface area contributed by atoms with Gasteiger partial charge in [-0.2, -0.15) is 5.10 Å². The SMILES string of the molecule is O=C(CNC(=O)c1cccnc1)NN=Cc1ccccc1[N+](=O)[O-]. The van der Waals surface area contributed by atoms with Gasteiger partial charge in [0, 0.05) is 18.5 Å². The Morgan fingerprint density at radius 3 is 2.75 bits per heavy atom. The highest BCUT2D eigenvalue weighted by molar-refractivity contribution is 5.96. The van der Waals surface area contributed by atoms with Gasteiger partial charge in [-0.05, 0) is 18.2 Å². The topological polar surface area (TPSA) is 127 Å². The smallest absolute Gasteiger partial charge is 0.278 e. The first-order valence-corrected chi connectivity index (χ1v) is 6.81. The van der Waals surface area contributed by atoms with Gasteiger partial charge in [0.05, 0.1) is 28.8 Å². The molecule has 1 aromatic carbocycles. The largest absolute Gasteiger partial charge is 0.343 e. The number of aromatic nitrogens is 1. The van der Waals surface area contributed by atoms with Crippen LogP contribution in [0.3, 0.4) is 0 Å². The zero-order valence-electron chi connectivity index (χ0n) is 12.4. The first kappa shape index (κ1) is 16.7. The number of benzene rings is 1. The molecule has 0 aliphatic heterocycles. The Hall–Kier alpha value is -3.62. The van der Waals surface area contributed by atoms with Gasteiger partial charge in [0.2, 0.25) is 0 Å². The van der Waals surface area contributed by atoms with Crippen molar-refractivity contribution in [1.82, 2.24) is 15.7 Å². The van der Waals surface area contributed by atoms with E-state index in [0.29, 0.717) is 5.56 Å². The van der Waals surface area contributed by atoms with Gasteiger partial charge in [0.15, 0.2) is 0 Å². The van der Waals surface area contributed by atoms with Crippen molar-refractivity contribution in [2.75, 3.05) is 6.54 Å². The van der Waals surface area contributed by atoms with Crippen molar-refractivity contribution in [3.8, 4) is 0 Å². The molecule has 2 amide bonds. The molecule has 0 unspecified atom stereocenters. The third kappa shape index (κ3) is 4.70. The number of carbonyl (C=O) groups excluding carboxylic acids is 2. The average Bonchev–Trinajstić information content (AvgIpc) is 2.60. The van der Waals surface area contributed by atoms with Crippen LogP contribution in [0, 0.1) is 10.1 Å². The van der Waals surface area contributed by atoms with Crippen molar-refractivity contribution in [3.63, 3.8) is 0 Å². The minimum absolute atomic E-state index is 0.125. The molecule has 0 aliphatic carbocycles. The number of nitro groups is 1. The number of rotatable bonds is 6. The molecule has 0 saturated carbocycles. The summed E-state index contributed by atoms with van der Waals surface area (Å²) in [6.07, 6.45) is 4.07. The number of hydrazone groups is 1. The number of carbonyl (C=O) groups is 2. The van der Waals surface area contributed by atoms with E-state index < -0.39 is 16.7 Å². The quantitative estimate of drug-likeness (QED) is 0.462. The fourth-order valence-corrected chi connectivity index (χ4v) is 1.74. The van der Waals surface area contributed by atoms with Crippen LogP contribution in [0.4, 0.5) is 5.69 Å². The predicted octanol–water partition coefficient (Wildman–Crippen LogP) is 0.870. The van der Waals surface area contributed by atoms with Crippen LogP contribution < -0.4 is 10.7 Å². The van der Waals surface area contributed by atoms with E-state index in [1.165, 1.54) is 36.8 Å². The predicted molar refractivity (Wildman–Crippen MR) is 85.4 cm³/mol. The Labute approximate surface area is 136 Å². The summed E-state index contributed by atoms with van der Waals surface area (Å²) in [6.45, 7) is -0.290. The molecule has 24 heavy (non-hydrogen) atoms. The van der Waals surface area contributed by atoms with Crippen LogP contribution in [0.5, 0.6) is 0 Å². The van der Waals surface area contributed by atoms with Crippen LogP contribution >= 0.6 is 0 Å². The minimum Gasteiger partial charge on any atom is -0.343 e. The molecule has 2 rings (SSSR count). The van der Waals surface area contributed by atoms with Crippen molar-refractivity contribution < 1.29 is 14.5 Å². The van der Waals surface area contributed by atoms with Crippen molar-refractivity contribution in [1.29, 1.82) is 0 Å². The van der Waals surface area contributed by atoms with Gasteiger partial charge in [-0.3, -0.25) is 24.7 Å². The number of hydrogen-bond acceptors (Lipinski definition) is 6. The molecule has 1 heterocycles. The van der Waals surface area contributed by atoms with Crippen LogP contribution in [-0.2, 0) is 4.79 Å². The molecule has 0 radical (unpaired) electrons. The first-order chi connectivity index (χ1) is 11.6. The van der Waals surface area contributed by atoms with E-state index in [9.17, 15) is 19.7 Å². The van der Waals surface area contributed by atoms with Crippen LogP contribution in [0.1, 0.15) is 15.9 Å². The van der Waals surface area contributed by atoms with E-state index in [4.69, 9.17) is 0 Å². The van der Waals surface area contributed by atoms with Crippen LogP contribution in [0.15, 0.2) is 53.9 Å². The van der Waals surface area contributed by atoms with Crippen molar-refractivity contribution in [2.24, 2.45) is 5.10 Å². The lowest BCUT2D eigenvalue weighted by atomic mass is 10.2. The molecule has 0 fully saturated rings. The number of para-hydroxylation sites is 1. The Kier molecular flexibility index (Phi) is 5.67. The van der Waals surface area contributed by atoms with Gasteiger partial charge in [0.25, 0.3) is 17.5 Å². The zero-order valence-corrected chi connectivity index (χ0v) is 12.4. The second-order valence-corrected chi connectivity index (χ2v) is 4.53. The summed E-state index contributed by atoms with van der Waals surface area (Å²) in [5, 5.41) is 16.9. The van der Waals surface area contributed by atoms with E-state index >= 15 is 0 Å². The fraction of sp³-hybridized carbons (Fsp3) is 0.0667. The van der Waals surface area contributed by atoms with Gasteiger partial charge in [0.1, 0.15) is 0 Å². The highest BCUT2D eigenvalue weighted by Gasteiger charge is 2.10. The third-order valence-electron chi connectivity index (χ3n) is 2.86. The molecule has 0 aliphatic rings. The summed E-state index contributed by atoms with van der Waals surface area (Å²) < 4.78 is 0. The number of nitrogens with one attached hydrogen (secondary N) is 2. The number of nitro benzene ring substituents is 1. The number of hydrogen-bond donors (Lipinski definition) is 2. The van der Waals surface area contributed by atoms with Crippen molar-refractivity contribution >= 4 is 23.7 Å². The second-order valence-electron chi connectivity index (χ2n) is 4.53. The van der Waals surface area contributed by atoms with E-state index in [0.717, 1.165) is 0 Å². The summed E-state index contributed by atoms with van der Waals surface area (Å²) in [5.41, 5.74) is 2.64. The molecule has 9 nitrogen and oxygen atoms in total. The van der Waals surface area contributed by atoms with Gasteiger partial charge < -0.3 is 5.32 Å². The van der Waals surface area contributed by atoms with Crippen LogP contribution in [0.2, 0.25) is 0 Å². The summed E-state index contributed by atoms with van der Waals surface area (Å²) >= 11 is 0. The van der Waals surface area contributed by atoms with Crippen LogP contribution in [-0.4, -0.2) is 34.5 Å². The van der Waals surface area contributed by atoms with Crippen LogP contribution in [0.25, 0.3) is 0 Å². The molecule has 0 bridgehead atoms. The normalized spacial score (nSPS) is 10.3. The molecule has 0 saturated heterocycles. The van der Waals surface area contributed by atoms with E-state index in [1.807, 2.05) is 0 Å². The molecule has 2 aromatic rings. The molecule has 0 spiro atoms. The lowest BCUT2D eigenvalue weighted by Gasteiger charge is -2.03. The summed E-state index contributed by atoms with van der Waals surface area (Å²) in [4.78, 5) is 37.4. The van der Waals surface area contributed by atoms with Gasteiger partial charge in [-0.25, -0.2) is 5.43 Å². The summed E-state index contributed by atoms with van der Waals surface area (Å²) in [7, 11) is 0. The Bertz CT molecular complexity index is 776. The lowest BCUT2D eigenvalue weighted by molar-refractivity contribution is -0.385. The van der Waals surface area contributed by atoms with Crippen molar-refractivity contribution in [3.05, 3.63) is 70.0 Å². The molecular formula is C15H13N5O4. The van der Waals surface area contributed by atoms with Gasteiger partial charge in [-0.15, -0.1) is 0 Å². The first-order valence-electron chi connectivity index (χ1n) is 6.81. The summed E-state index contributed by atoms with van der Waals surface area (Å²) in [5.74, 6) is -1.01. The fourth-order valence-electron chi connectivity index (χ4n) is 1.74. The molecular weight excluding hydrogens is 314 g/mol. The van der Waals surface area contributed by atoms with Gasteiger partial charge in [-0.1, -0.05) is 12.1 Å². The molecule has 2 N–H and O–H groups in total. The van der Waals surface area contributed by atoms with E-state index in [-0.39, 0.29) is 17.8 Å². The number of nitrogens with zero attached hydrogens (tertiary/aromatic N) is 3. The van der Waals surface area contributed by atoms with Gasteiger partial charge >= 0.3 is 0 Å². The molecule has 9 heteroatoms.